The third-order valence-corrected chi connectivity index (χ3v) is 5.95. The molecule has 3 rings (SSSR count). The standard InChI is InChI=1S/C17H26O12/c1-5-8-15(29-16-12(22)11(21)10(20)7(3-18)28-16)27-4-6(14(24)26-2)17(8,25)13(23)9(5)19/h4-5,7-13,15-16,18-23,25H,3H2,1-2H3/t5-,7+,8-,9+,10+,11-,12+,13+,15-,16-,17-/m0/s1. The number of fused-ring (bicyclic) bond motifs is 1. The number of hydrogen-bond acceptors (Lipinski definition) is 12. The van der Waals surface area contributed by atoms with Crippen LogP contribution < -0.4 is 0 Å². The van der Waals surface area contributed by atoms with Gasteiger partial charge in [-0.05, 0) is 5.92 Å². The van der Waals surface area contributed by atoms with Crippen molar-refractivity contribution < 1.29 is 59.5 Å². The quantitative estimate of drug-likeness (QED) is 0.217. The van der Waals surface area contributed by atoms with Gasteiger partial charge in [-0.15, -0.1) is 0 Å². The summed E-state index contributed by atoms with van der Waals surface area (Å²) >= 11 is 0. The fourth-order valence-corrected chi connectivity index (χ4v) is 4.22. The highest BCUT2D eigenvalue weighted by atomic mass is 16.8. The molecule has 7 N–H and O–H groups in total. The second-order valence-corrected chi connectivity index (χ2v) is 7.51. The Hall–Kier alpha value is -1.35. The molecular weight excluding hydrogens is 396 g/mol. The number of rotatable bonds is 4. The van der Waals surface area contributed by atoms with Gasteiger partial charge in [-0.1, -0.05) is 6.92 Å². The van der Waals surface area contributed by atoms with E-state index in [4.69, 9.17) is 14.2 Å². The van der Waals surface area contributed by atoms with Gasteiger partial charge in [0.05, 0.1) is 25.7 Å². The summed E-state index contributed by atoms with van der Waals surface area (Å²) in [5.41, 5.74) is -2.71. The lowest BCUT2D eigenvalue weighted by Gasteiger charge is -2.45. The number of methoxy groups -OCH3 is 1. The van der Waals surface area contributed by atoms with Crippen LogP contribution >= 0.6 is 0 Å². The number of aliphatic hydroxyl groups excluding tert-OH is 6. The van der Waals surface area contributed by atoms with Crippen LogP contribution in [0.25, 0.3) is 0 Å². The van der Waals surface area contributed by atoms with Crippen molar-refractivity contribution in [3.8, 4) is 0 Å². The molecule has 2 fully saturated rings. The van der Waals surface area contributed by atoms with Crippen molar-refractivity contribution in [2.24, 2.45) is 11.8 Å². The number of carbonyl (C=O) groups excluding carboxylic acids is 1. The maximum Gasteiger partial charge on any atom is 0.339 e. The summed E-state index contributed by atoms with van der Waals surface area (Å²) in [5, 5.41) is 71.1. The van der Waals surface area contributed by atoms with Crippen molar-refractivity contribution in [2.75, 3.05) is 13.7 Å². The molecule has 0 aromatic heterocycles. The summed E-state index contributed by atoms with van der Waals surface area (Å²) in [5.74, 6) is -3.01. The molecule has 1 aliphatic carbocycles. The molecule has 166 valence electrons. The van der Waals surface area contributed by atoms with Crippen molar-refractivity contribution in [1.29, 1.82) is 0 Å². The molecule has 1 saturated carbocycles. The number of aliphatic hydroxyl groups is 7. The SMILES string of the molecule is COC(=O)C1=CO[C@@H](O[C@@H]2O[C@H](CO)[C@@H](O)[C@H](O)[C@H]2O)[C@@H]2[C@H](C)[C@@H](O)[C@@H](O)[C@]12O. The molecule has 12 nitrogen and oxygen atoms in total. The van der Waals surface area contributed by atoms with Crippen molar-refractivity contribution >= 4 is 5.97 Å². The van der Waals surface area contributed by atoms with Crippen LogP contribution in [-0.4, -0.2) is 110 Å². The van der Waals surface area contributed by atoms with E-state index in [1.165, 1.54) is 6.92 Å². The first-order valence-electron chi connectivity index (χ1n) is 9.08. The van der Waals surface area contributed by atoms with E-state index in [1.807, 2.05) is 0 Å². The predicted octanol–water partition coefficient (Wildman–Crippen LogP) is -4.07. The van der Waals surface area contributed by atoms with Gasteiger partial charge in [0.25, 0.3) is 0 Å². The van der Waals surface area contributed by atoms with Crippen molar-refractivity contribution in [3.63, 3.8) is 0 Å². The normalized spacial score (nSPS) is 49.8. The third-order valence-electron chi connectivity index (χ3n) is 5.95. The topological polar surface area (TPSA) is 196 Å². The maximum absolute atomic E-state index is 12.1. The van der Waals surface area contributed by atoms with E-state index in [1.54, 1.807) is 0 Å². The van der Waals surface area contributed by atoms with Gasteiger partial charge in [-0.3, -0.25) is 0 Å². The molecular formula is C17H26O12. The van der Waals surface area contributed by atoms with E-state index in [0.717, 1.165) is 13.4 Å². The highest BCUT2D eigenvalue weighted by Gasteiger charge is 2.66. The van der Waals surface area contributed by atoms with Crippen LogP contribution in [0.3, 0.4) is 0 Å². The Morgan fingerprint density at radius 2 is 1.76 bits per heavy atom. The molecule has 0 spiro atoms. The molecule has 3 aliphatic rings. The Morgan fingerprint density at radius 3 is 2.34 bits per heavy atom. The summed E-state index contributed by atoms with van der Waals surface area (Å²) in [4.78, 5) is 12.1. The van der Waals surface area contributed by atoms with E-state index in [-0.39, 0.29) is 0 Å². The fourth-order valence-electron chi connectivity index (χ4n) is 4.22. The van der Waals surface area contributed by atoms with Crippen molar-refractivity contribution in [3.05, 3.63) is 11.8 Å². The Bertz CT molecular complexity index is 652. The van der Waals surface area contributed by atoms with Gasteiger partial charge >= 0.3 is 5.97 Å². The van der Waals surface area contributed by atoms with E-state index in [2.05, 4.69) is 4.74 Å². The Morgan fingerprint density at radius 1 is 1.10 bits per heavy atom. The number of hydrogen-bond donors (Lipinski definition) is 7. The second kappa shape index (κ2) is 8.06. The lowest BCUT2D eigenvalue weighted by Crippen LogP contribution is -2.61. The molecule has 0 aromatic carbocycles. The summed E-state index contributed by atoms with van der Waals surface area (Å²) < 4.78 is 20.8. The summed E-state index contributed by atoms with van der Waals surface area (Å²) in [6.07, 6.45) is -11.7. The molecule has 11 atom stereocenters. The minimum atomic E-state index is -2.29. The first-order chi connectivity index (χ1) is 13.6. The van der Waals surface area contributed by atoms with Crippen LogP contribution in [0.15, 0.2) is 11.8 Å². The summed E-state index contributed by atoms with van der Waals surface area (Å²) in [6, 6.07) is 0. The van der Waals surface area contributed by atoms with E-state index in [9.17, 15) is 40.5 Å². The predicted molar refractivity (Wildman–Crippen MR) is 89.4 cm³/mol. The molecule has 29 heavy (non-hydrogen) atoms. The Balaban J connectivity index is 1.91. The maximum atomic E-state index is 12.1. The van der Waals surface area contributed by atoms with Gasteiger partial charge in [0.15, 0.2) is 6.29 Å². The van der Waals surface area contributed by atoms with E-state index >= 15 is 0 Å². The molecule has 0 amide bonds. The lowest BCUT2D eigenvalue weighted by atomic mass is 9.78. The second-order valence-electron chi connectivity index (χ2n) is 7.51. The first kappa shape index (κ1) is 22.3. The van der Waals surface area contributed by atoms with Crippen LogP contribution in [0.4, 0.5) is 0 Å². The van der Waals surface area contributed by atoms with Crippen LogP contribution in [0.5, 0.6) is 0 Å². The van der Waals surface area contributed by atoms with Gasteiger partial charge in [-0.2, -0.15) is 0 Å². The zero-order chi connectivity index (χ0) is 21.7. The summed E-state index contributed by atoms with van der Waals surface area (Å²) in [7, 11) is 1.07. The van der Waals surface area contributed by atoms with Gasteiger partial charge < -0.3 is 54.7 Å². The van der Waals surface area contributed by atoms with Crippen molar-refractivity contribution in [2.45, 2.75) is 61.7 Å². The Kier molecular flexibility index (Phi) is 6.21. The molecule has 2 aliphatic heterocycles. The van der Waals surface area contributed by atoms with Crippen LogP contribution in [0.2, 0.25) is 0 Å². The van der Waals surface area contributed by atoms with Gasteiger partial charge in [0.2, 0.25) is 6.29 Å². The zero-order valence-electron chi connectivity index (χ0n) is 15.7. The minimum Gasteiger partial charge on any atom is -0.471 e. The molecule has 0 radical (unpaired) electrons. The Labute approximate surface area is 165 Å². The van der Waals surface area contributed by atoms with Gasteiger partial charge in [0, 0.05) is 0 Å². The van der Waals surface area contributed by atoms with Gasteiger partial charge in [0.1, 0.15) is 48.0 Å². The fraction of sp³-hybridized carbons (Fsp3) is 0.824. The monoisotopic (exact) mass is 422 g/mol. The van der Waals surface area contributed by atoms with E-state index < -0.39 is 84.8 Å². The number of carbonyl (C=O) groups is 1. The highest BCUT2D eigenvalue weighted by Crippen LogP contribution is 2.50. The average Bonchev–Trinajstić information content (AvgIpc) is 2.88. The molecule has 1 saturated heterocycles. The first-order valence-corrected chi connectivity index (χ1v) is 9.08. The molecule has 0 bridgehead atoms. The van der Waals surface area contributed by atoms with Gasteiger partial charge in [-0.25, -0.2) is 4.79 Å². The highest BCUT2D eigenvalue weighted by molar-refractivity contribution is 5.91. The van der Waals surface area contributed by atoms with E-state index in [0.29, 0.717) is 0 Å². The van der Waals surface area contributed by atoms with Crippen LogP contribution in [0.1, 0.15) is 6.92 Å². The largest absolute Gasteiger partial charge is 0.471 e. The number of esters is 1. The third kappa shape index (κ3) is 3.34. The van der Waals surface area contributed by atoms with Crippen LogP contribution in [-0.2, 0) is 23.7 Å². The zero-order valence-corrected chi connectivity index (χ0v) is 15.7. The number of ether oxygens (including phenoxy) is 4. The van der Waals surface area contributed by atoms with Crippen LogP contribution in [0, 0.1) is 11.8 Å². The van der Waals surface area contributed by atoms with Crippen molar-refractivity contribution in [1.82, 2.24) is 0 Å². The molecule has 0 unspecified atom stereocenters. The summed E-state index contributed by atoms with van der Waals surface area (Å²) in [6.45, 7) is 0.813. The average molecular weight is 422 g/mol. The smallest absolute Gasteiger partial charge is 0.339 e. The molecule has 0 aromatic rings. The lowest BCUT2D eigenvalue weighted by molar-refractivity contribution is -0.347. The minimum absolute atomic E-state index is 0.422. The molecule has 2 heterocycles. The molecule has 12 heteroatoms.